The van der Waals surface area contributed by atoms with Crippen molar-refractivity contribution < 1.29 is 19.4 Å². The highest BCUT2D eigenvalue weighted by Gasteiger charge is 2.12. The van der Waals surface area contributed by atoms with E-state index in [1.807, 2.05) is 0 Å². The summed E-state index contributed by atoms with van der Waals surface area (Å²) in [5, 5.41) is 21.7. The smallest absolute Gasteiger partial charge is 0.337 e. The highest BCUT2D eigenvalue weighted by Crippen LogP contribution is 2.29. The predicted octanol–water partition coefficient (Wildman–Crippen LogP) is 4.64. The largest absolute Gasteiger partial charge is 0.508 e. The van der Waals surface area contributed by atoms with Gasteiger partial charge in [0, 0.05) is 5.69 Å². The number of anilines is 2. The summed E-state index contributed by atoms with van der Waals surface area (Å²) in [7, 11) is 0. The first kappa shape index (κ1) is 15.6. The molecule has 0 aliphatic heterocycles. The lowest BCUT2D eigenvalue weighted by Crippen LogP contribution is -2.03. The van der Waals surface area contributed by atoms with Crippen LogP contribution in [0.4, 0.5) is 15.8 Å². The van der Waals surface area contributed by atoms with Gasteiger partial charge in [-0.1, -0.05) is 18.2 Å². The van der Waals surface area contributed by atoms with Gasteiger partial charge >= 0.3 is 5.97 Å². The number of carboxylic acid groups (broad SMARTS) is 1. The molecule has 0 radical (unpaired) electrons. The van der Waals surface area contributed by atoms with Crippen LogP contribution >= 0.6 is 0 Å². The van der Waals surface area contributed by atoms with Crippen molar-refractivity contribution in [1.82, 2.24) is 0 Å². The van der Waals surface area contributed by atoms with Crippen molar-refractivity contribution in [3.05, 3.63) is 78.1 Å². The summed E-state index contributed by atoms with van der Waals surface area (Å²) in [6.45, 7) is 0. The first-order valence-electron chi connectivity index (χ1n) is 7.22. The molecule has 0 saturated carbocycles. The van der Waals surface area contributed by atoms with Crippen LogP contribution < -0.4 is 5.32 Å². The SMILES string of the molecule is O=C(O)c1ccc(-c2ccc(O)cc2)cc1Nc1ccc(F)cc1. The highest BCUT2D eigenvalue weighted by atomic mass is 19.1. The van der Waals surface area contributed by atoms with E-state index in [2.05, 4.69) is 5.32 Å². The number of carboxylic acids is 1. The molecule has 3 aromatic rings. The van der Waals surface area contributed by atoms with Gasteiger partial charge in [-0.05, 0) is 59.7 Å². The minimum atomic E-state index is -1.06. The molecular formula is C19H14FNO3. The number of carbonyl (C=O) groups is 1. The van der Waals surface area contributed by atoms with Crippen molar-refractivity contribution in [3.8, 4) is 16.9 Å². The molecule has 0 aliphatic carbocycles. The van der Waals surface area contributed by atoms with Crippen molar-refractivity contribution >= 4 is 17.3 Å². The number of phenols is 1. The fraction of sp³-hybridized carbons (Fsp3) is 0. The van der Waals surface area contributed by atoms with Gasteiger partial charge in [0.25, 0.3) is 0 Å². The number of benzene rings is 3. The van der Waals surface area contributed by atoms with Crippen LogP contribution in [-0.4, -0.2) is 16.2 Å². The molecule has 0 bridgehead atoms. The number of hydrogen-bond acceptors (Lipinski definition) is 3. The van der Waals surface area contributed by atoms with Crippen LogP contribution in [0.25, 0.3) is 11.1 Å². The molecule has 4 nitrogen and oxygen atoms in total. The fourth-order valence-electron chi connectivity index (χ4n) is 2.36. The van der Waals surface area contributed by atoms with E-state index in [0.717, 1.165) is 11.1 Å². The second-order valence-corrected chi connectivity index (χ2v) is 5.24. The Labute approximate surface area is 137 Å². The van der Waals surface area contributed by atoms with Crippen LogP contribution in [0.5, 0.6) is 5.75 Å². The topological polar surface area (TPSA) is 69.6 Å². The molecule has 0 fully saturated rings. The Morgan fingerprint density at radius 1 is 0.875 bits per heavy atom. The minimum absolute atomic E-state index is 0.113. The summed E-state index contributed by atoms with van der Waals surface area (Å²) in [5.74, 6) is -1.26. The Balaban J connectivity index is 2.01. The van der Waals surface area contributed by atoms with Crippen LogP contribution in [0.3, 0.4) is 0 Å². The lowest BCUT2D eigenvalue weighted by Gasteiger charge is -2.12. The summed E-state index contributed by atoms with van der Waals surface area (Å²) < 4.78 is 13.0. The zero-order valence-electron chi connectivity index (χ0n) is 12.5. The molecule has 0 aromatic heterocycles. The average molecular weight is 323 g/mol. The lowest BCUT2D eigenvalue weighted by molar-refractivity contribution is 0.0698. The molecular weight excluding hydrogens is 309 g/mol. The quantitative estimate of drug-likeness (QED) is 0.654. The van der Waals surface area contributed by atoms with Gasteiger partial charge in [-0.25, -0.2) is 9.18 Å². The fourth-order valence-corrected chi connectivity index (χ4v) is 2.36. The van der Waals surface area contributed by atoms with E-state index >= 15 is 0 Å². The van der Waals surface area contributed by atoms with E-state index < -0.39 is 5.97 Å². The Hall–Kier alpha value is -3.34. The first-order valence-corrected chi connectivity index (χ1v) is 7.22. The molecule has 3 N–H and O–H groups in total. The van der Waals surface area contributed by atoms with Gasteiger partial charge < -0.3 is 15.5 Å². The molecule has 0 unspecified atom stereocenters. The third-order valence-corrected chi connectivity index (χ3v) is 3.57. The normalized spacial score (nSPS) is 10.4. The third-order valence-electron chi connectivity index (χ3n) is 3.57. The minimum Gasteiger partial charge on any atom is -0.508 e. The Kier molecular flexibility index (Phi) is 4.16. The Morgan fingerprint density at radius 3 is 2.12 bits per heavy atom. The maximum Gasteiger partial charge on any atom is 0.337 e. The molecule has 5 heteroatoms. The van der Waals surface area contributed by atoms with Gasteiger partial charge in [0.2, 0.25) is 0 Å². The van der Waals surface area contributed by atoms with Crippen LogP contribution in [-0.2, 0) is 0 Å². The maximum absolute atomic E-state index is 13.0. The summed E-state index contributed by atoms with van der Waals surface area (Å²) >= 11 is 0. The van der Waals surface area contributed by atoms with Crippen molar-refractivity contribution in [2.24, 2.45) is 0 Å². The summed E-state index contributed by atoms with van der Waals surface area (Å²) in [6, 6.07) is 17.2. The van der Waals surface area contributed by atoms with Gasteiger partial charge in [-0.3, -0.25) is 0 Å². The maximum atomic E-state index is 13.0. The van der Waals surface area contributed by atoms with E-state index in [9.17, 15) is 19.4 Å². The summed E-state index contributed by atoms with van der Waals surface area (Å²) in [6.07, 6.45) is 0. The lowest BCUT2D eigenvalue weighted by atomic mass is 10.0. The molecule has 120 valence electrons. The molecule has 24 heavy (non-hydrogen) atoms. The van der Waals surface area contributed by atoms with Gasteiger partial charge in [0.05, 0.1) is 11.3 Å². The number of phenolic OH excluding ortho intramolecular Hbond substituents is 1. The molecule has 0 saturated heterocycles. The Morgan fingerprint density at radius 2 is 1.50 bits per heavy atom. The van der Waals surface area contributed by atoms with Gasteiger partial charge in [0.1, 0.15) is 11.6 Å². The van der Waals surface area contributed by atoms with Crippen LogP contribution in [0.1, 0.15) is 10.4 Å². The molecule has 0 atom stereocenters. The monoisotopic (exact) mass is 323 g/mol. The van der Waals surface area contributed by atoms with Crippen molar-refractivity contribution in [2.45, 2.75) is 0 Å². The van der Waals surface area contributed by atoms with E-state index in [-0.39, 0.29) is 17.1 Å². The zero-order valence-corrected chi connectivity index (χ0v) is 12.5. The van der Waals surface area contributed by atoms with Crippen molar-refractivity contribution in [1.29, 1.82) is 0 Å². The number of hydrogen-bond donors (Lipinski definition) is 3. The third kappa shape index (κ3) is 3.35. The summed E-state index contributed by atoms with van der Waals surface area (Å²) in [5.41, 5.74) is 2.74. The summed E-state index contributed by atoms with van der Waals surface area (Å²) in [4.78, 5) is 11.4. The number of aromatic carboxylic acids is 1. The molecule has 0 aliphatic rings. The first-order chi connectivity index (χ1) is 11.5. The molecule has 0 spiro atoms. The van der Waals surface area contributed by atoms with Crippen LogP contribution in [0, 0.1) is 5.82 Å². The molecule has 3 rings (SSSR count). The molecule has 3 aromatic carbocycles. The predicted molar refractivity (Wildman–Crippen MR) is 90.2 cm³/mol. The molecule has 0 heterocycles. The van der Waals surface area contributed by atoms with E-state index in [1.165, 1.54) is 30.3 Å². The standard InChI is InChI=1S/C19H14FNO3/c20-14-4-6-15(7-5-14)21-18-11-13(3-10-17(18)19(23)24)12-1-8-16(22)9-2-12/h1-11,21-22H,(H,23,24). The van der Waals surface area contributed by atoms with Crippen molar-refractivity contribution in [3.63, 3.8) is 0 Å². The second kappa shape index (κ2) is 6.42. The van der Waals surface area contributed by atoms with Gasteiger partial charge in [-0.2, -0.15) is 0 Å². The van der Waals surface area contributed by atoms with E-state index in [1.54, 1.807) is 36.4 Å². The number of nitrogens with one attached hydrogen (secondary N) is 1. The van der Waals surface area contributed by atoms with Gasteiger partial charge in [0.15, 0.2) is 0 Å². The van der Waals surface area contributed by atoms with Gasteiger partial charge in [-0.15, -0.1) is 0 Å². The van der Waals surface area contributed by atoms with E-state index in [4.69, 9.17) is 0 Å². The number of aromatic hydroxyl groups is 1. The molecule has 0 amide bonds. The van der Waals surface area contributed by atoms with Crippen LogP contribution in [0.2, 0.25) is 0 Å². The van der Waals surface area contributed by atoms with Crippen molar-refractivity contribution in [2.75, 3.05) is 5.32 Å². The average Bonchev–Trinajstić information content (AvgIpc) is 2.57. The highest BCUT2D eigenvalue weighted by molar-refractivity contribution is 5.96. The van der Waals surface area contributed by atoms with E-state index in [0.29, 0.717) is 11.4 Å². The second-order valence-electron chi connectivity index (χ2n) is 5.24. The Bertz CT molecular complexity index is 874. The number of halogens is 1. The zero-order chi connectivity index (χ0) is 17.1. The number of rotatable bonds is 4. The van der Waals surface area contributed by atoms with Crippen LogP contribution in [0.15, 0.2) is 66.7 Å².